The second kappa shape index (κ2) is 8.23. The fourth-order valence-corrected chi connectivity index (χ4v) is 3.33. The summed E-state index contributed by atoms with van der Waals surface area (Å²) < 4.78 is 5.91. The maximum atomic E-state index is 6.26. The summed E-state index contributed by atoms with van der Waals surface area (Å²) in [6.07, 6.45) is 4.36. The number of ether oxygens (including phenoxy) is 1. The summed E-state index contributed by atoms with van der Waals surface area (Å²) >= 11 is 12.3. The molecule has 1 atom stereocenters. The van der Waals surface area contributed by atoms with E-state index in [-0.39, 0.29) is 6.04 Å². The molecule has 2 N–H and O–H groups in total. The highest BCUT2D eigenvalue weighted by atomic mass is 35.5. The fraction of sp³-hybridized carbons (Fsp3) is 0.625. The van der Waals surface area contributed by atoms with Gasteiger partial charge in [-0.15, -0.1) is 0 Å². The number of nitrogens with two attached hydrogens (primary N) is 1. The Balaban J connectivity index is 1.91. The van der Waals surface area contributed by atoms with Crippen LogP contribution in [0.15, 0.2) is 12.1 Å². The normalized spacial score (nSPS) is 17.1. The molecule has 3 nitrogen and oxygen atoms in total. The first-order chi connectivity index (χ1) is 10.1. The summed E-state index contributed by atoms with van der Waals surface area (Å²) in [7, 11) is 0. The molecule has 1 saturated heterocycles. The largest absolute Gasteiger partial charge is 0.492 e. The minimum Gasteiger partial charge on any atom is -0.492 e. The van der Waals surface area contributed by atoms with Gasteiger partial charge in [-0.3, -0.25) is 0 Å². The maximum absolute atomic E-state index is 6.26. The Morgan fingerprint density at radius 2 is 2.00 bits per heavy atom. The number of likely N-dealkylation sites (tertiary alicyclic amines) is 1. The van der Waals surface area contributed by atoms with Crippen LogP contribution in [0.1, 0.15) is 31.7 Å². The predicted octanol–water partition coefficient (Wildman–Crippen LogP) is 3.75. The highest BCUT2D eigenvalue weighted by molar-refractivity contribution is 6.35. The van der Waals surface area contributed by atoms with Gasteiger partial charge in [0.25, 0.3) is 0 Å². The van der Waals surface area contributed by atoms with E-state index < -0.39 is 0 Å². The summed E-state index contributed by atoms with van der Waals surface area (Å²) in [6, 6.07) is 3.67. The van der Waals surface area contributed by atoms with E-state index in [1.165, 1.54) is 25.9 Å². The molecule has 1 aliphatic heterocycles. The lowest BCUT2D eigenvalue weighted by molar-refractivity contribution is 0.261. The number of benzene rings is 1. The minimum atomic E-state index is 0.0477. The van der Waals surface area contributed by atoms with E-state index in [0.29, 0.717) is 23.1 Å². The third kappa shape index (κ3) is 5.33. The van der Waals surface area contributed by atoms with Gasteiger partial charge >= 0.3 is 0 Å². The predicted molar refractivity (Wildman–Crippen MR) is 89.6 cm³/mol. The molecule has 1 heterocycles. The highest BCUT2D eigenvalue weighted by Crippen LogP contribution is 2.33. The van der Waals surface area contributed by atoms with Crippen molar-refractivity contribution in [2.75, 3.05) is 26.2 Å². The van der Waals surface area contributed by atoms with Crippen LogP contribution in [0.2, 0.25) is 10.0 Å². The van der Waals surface area contributed by atoms with Gasteiger partial charge in [0, 0.05) is 17.6 Å². The summed E-state index contributed by atoms with van der Waals surface area (Å²) in [6.45, 7) is 6.17. The van der Waals surface area contributed by atoms with Crippen molar-refractivity contribution in [2.45, 2.75) is 38.6 Å². The quantitative estimate of drug-likeness (QED) is 0.774. The molecule has 0 aliphatic carbocycles. The average Bonchev–Trinajstić information content (AvgIpc) is 2.89. The first-order valence-corrected chi connectivity index (χ1v) is 8.40. The molecule has 5 heteroatoms. The van der Waals surface area contributed by atoms with Crippen LogP contribution in [0.25, 0.3) is 0 Å². The van der Waals surface area contributed by atoms with Gasteiger partial charge in [-0.05, 0) is 63.4 Å². The fourth-order valence-electron chi connectivity index (χ4n) is 2.74. The van der Waals surface area contributed by atoms with Crippen LogP contribution >= 0.6 is 23.2 Å². The van der Waals surface area contributed by atoms with Crippen LogP contribution in [-0.2, 0) is 6.42 Å². The van der Waals surface area contributed by atoms with Gasteiger partial charge in [-0.1, -0.05) is 23.2 Å². The molecule has 0 radical (unpaired) electrons. The monoisotopic (exact) mass is 330 g/mol. The SMILES string of the molecule is CC(N)Cc1cc(Cl)cc(Cl)c1OCCCN1CCCC1. The van der Waals surface area contributed by atoms with E-state index in [2.05, 4.69) is 4.90 Å². The van der Waals surface area contributed by atoms with Gasteiger partial charge in [0.1, 0.15) is 5.75 Å². The molecule has 0 amide bonds. The zero-order chi connectivity index (χ0) is 15.2. The Hall–Kier alpha value is -0.480. The molecular formula is C16H24Cl2N2O. The van der Waals surface area contributed by atoms with Crippen molar-refractivity contribution in [1.29, 1.82) is 0 Å². The van der Waals surface area contributed by atoms with Crippen molar-refractivity contribution in [3.63, 3.8) is 0 Å². The van der Waals surface area contributed by atoms with Gasteiger partial charge in [-0.2, -0.15) is 0 Å². The van der Waals surface area contributed by atoms with Gasteiger partial charge in [0.15, 0.2) is 0 Å². The van der Waals surface area contributed by atoms with E-state index in [1.54, 1.807) is 6.07 Å². The van der Waals surface area contributed by atoms with Gasteiger partial charge < -0.3 is 15.4 Å². The lowest BCUT2D eigenvalue weighted by atomic mass is 10.1. The van der Waals surface area contributed by atoms with Crippen molar-refractivity contribution >= 4 is 23.2 Å². The molecule has 1 aromatic carbocycles. The summed E-state index contributed by atoms with van der Waals surface area (Å²) in [5, 5.41) is 1.19. The van der Waals surface area contributed by atoms with E-state index in [1.807, 2.05) is 13.0 Å². The van der Waals surface area contributed by atoms with Gasteiger partial charge in [0.05, 0.1) is 11.6 Å². The van der Waals surface area contributed by atoms with E-state index in [9.17, 15) is 0 Å². The van der Waals surface area contributed by atoms with Crippen molar-refractivity contribution in [2.24, 2.45) is 5.73 Å². The lowest BCUT2D eigenvalue weighted by Gasteiger charge is -2.17. The molecule has 2 rings (SSSR count). The molecule has 0 spiro atoms. The molecule has 0 aromatic heterocycles. The van der Waals surface area contributed by atoms with Crippen molar-refractivity contribution in [3.05, 3.63) is 27.7 Å². The maximum Gasteiger partial charge on any atom is 0.141 e. The number of hydrogen-bond acceptors (Lipinski definition) is 3. The van der Waals surface area contributed by atoms with Gasteiger partial charge in [-0.25, -0.2) is 0 Å². The van der Waals surface area contributed by atoms with Crippen molar-refractivity contribution in [1.82, 2.24) is 4.90 Å². The summed E-state index contributed by atoms with van der Waals surface area (Å²) in [5.41, 5.74) is 6.87. The average molecular weight is 331 g/mol. The van der Waals surface area contributed by atoms with Crippen LogP contribution in [0, 0.1) is 0 Å². The van der Waals surface area contributed by atoms with Crippen molar-refractivity contribution < 1.29 is 4.74 Å². The number of halogens is 2. The minimum absolute atomic E-state index is 0.0477. The van der Waals surface area contributed by atoms with Gasteiger partial charge in [0.2, 0.25) is 0 Å². The molecule has 0 saturated carbocycles. The number of nitrogens with zero attached hydrogens (tertiary/aromatic N) is 1. The van der Waals surface area contributed by atoms with Crippen LogP contribution < -0.4 is 10.5 Å². The smallest absolute Gasteiger partial charge is 0.141 e. The van der Waals surface area contributed by atoms with Crippen LogP contribution in [-0.4, -0.2) is 37.2 Å². The van der Waals surface area contributed by atoms with Crippen molar-refractivity contribution in [3.8, 4) is 5.75 Å². The Labute approximate surface area is 137 Å². The summed E-state index contributed by atoms with van der Waals surface area (Å²) in [4.78, 5) is 2.48. The highest BCUT2D eigenvalue weighted by Gasteiger charge is 2.14. The number of rotatable bonds is 7. The van der Waals surface area contributed by atoms with Crippen LogP contribution in [0.4, 0.5) is 0 Å². The summed E-state index contributed by atoms with van der Waals surface area (Å²) in [5.74, 6) is 0.736. The molecule has 1 aromatic rings. The molecule has 1 aliphatic rings. The Kier molecular flexibility index (Phi) is 6.62. The second-order valence-corrected chi connectivity index (χ2v) is 6.65. The lowest BCUT2D eigenvalue weighted by Crippen LogP contribution is -2.22. The molecule has 1 fully saturated rings. The molecular weight excluding hydrogens is 307 g/mol. The van der Waals surface area contributed by atoms with E-state index in [0.717, 1.165) is 24.3 Å². The van der Waals surface area contributed by atoms with E-state index >= 15 is 0 Å². The van der Waals surface area contributed by atoms with E-state index in [4.69, 9.17) is 33.7 Å². The molecule has 0 bridgehead atoms. The molecule has 21 heavy (non-hydrogen) atoms. The third-order valence-corrected chi connectivity index (χ3v) is 4.19. The third-order valence-electron chi connectivity index (χ3n) is 3.69. The zero-order valence-electron chi connectivity index (χ0n) is 12.6. The standard InChI is InChI=1S/C16H24Cl2N2O/c1-12(19)9-13-10-14(17)11-15(18)16(13)21-8-4-7-20-5-2-3-6-20/h10-12H,2-9,19H2,1H3. The Morgan fingerprint density at radius 1 is 1.29 bits per heavy atom. The number of hydrogen-bond donors (Lipinski definition) is 1. The first kappa shape index (κ1) is 16.9. The topological polar surface area (TPSA) is 38.5 Å². The zero-order valence-corrected chi connectivity index (χ0v) is 14.1. The molecule has 118 valence electrons. The second-order valence-electron chi connectivity index (χ2n) is 5.81. The molecule has 1 unspecified atom stereocenters. The Bertz CT molecular complexity index is 460. The van der Waals surface area contributed by atoms with Crippen LogP contribution in [0.5, 0.6) is 5.75 Å². The first-order valence-electron chi connectivity index (χ1n) is 7.65. The Morgan fingerprint density at radius 3 is 2.67 bits per heavy atom. The van der Waals surface area contributed by atoms with Crippen LogP contribution in [0.3, 0.4) is 0 Å².